The number of para-hydroxylation sites is 1. The van der Waals surface area contributed by atoms with Crippen LogP contribution in [0.3, 0.4) is 0 Å². The first-order valence-corrected chi connectivity index (χ1v) is 10.0. The van der Waals surface area contributed by atoms with Gasteiger partial charge in [-0.25, -0.2) is 4.79 Å². The number of carboxylic acid groups (broad SMARTS) is 1. The molecule has 2 aliphatic rings. The largest absolute Gasteiger partial charge is 0.482 e. The van der Waals surface area contributed by atoms with Gasteiger partial charge in [0.2, 0.25) is 0 Å². The van der Waals surface area contributed by atoms with Crippen molar-refractivity contribution in [2.75, 3.05) is 13.2 Å². The van der Waals surface area contributed by atoms with Gasteiger partial charge in [0.1, 0.15) is 11.7 Å². The van der Waals surface area contributed by atoms with E-state index >= 15 is 0 Å². The van der Waals surface area contributed by atoms with Crippen molar-refractivity contribution < 1.29 is 23.8 Å². The maximum absolute atomic E-state index is 12.5. The van der Waals surface area contributed by atoms with E-state index < -0.39 is 11.4 Å². The van der Waals surface area contributed by atoms with Crippen LogP contribution in [0.15, 0.2) is 39.7 Å². The molecule has 7 nitrogen and oxygen atoms in total. The lowest BCUT2D eigenvalue weighted by atomic mass is 9.80. The Morgan fingerprint density at radius 3 is 2.67 bits per heavy atom. The molecular weight excluding hydrogens is 386 g/mol. The molecule has 4 heterocycles. The van der Waals surface area contributed by atoms with Gasteiger partial charge in [0, 0.05) is 29.3 Å². The smallest absolute Gasteiger partial charge is 0.341 e. The molecule has 0 radical (unpaired) electrons. The molecule has 7 heteroatoms. The minimum absolute atomic E-state index is 0.00748. The number of rotatable bonds is 3. The average molecular weight is 409 g/mol. The maximum atomic E-state index is 12.5. The van der Waals surface area contributed by atoms with E-state index in [-0.39, 0.29) is 23.1 Å². The lowest BCUT2D eigenvalue weighted by molar-refractivity contribution is -0.0793. The number of carboxylic acids is 1. The van der Waals surface area contributed by atoms with Crippen molar-refractivity contribution in [3.8, 4) is 17.2 Å². The van der Waals surface area contributed by atoms with Gasteiger partial charge >= 0.3 is 5.97 Å². The fourth-order valence-corrected chi connectivity index (χ4v) is 4.27. The van der Waals surface area contributed by atoms with Gasteiger partial charge in [-0.3, -0.25) is 4.79 Å². The molecule has 1 saturated heterocycles. The Kier molecular flexibility index (Phi) is 4.08. The Morgan fingerprint density at radius 2 is 2.03 bits per heavy atom. The van der Waals surface area contributed by atoms with Crippen LogP contribution in [0.2, 0.25) is 0 Å². The van der Waals surface area contributed by atoms with E-state index in [9.17, 15) is 14.7 Å². The minimum Gasteiger partial charge on any atom is -0.482 e. The third-order valence-corrected chi connectivity index (χ3v) is 5.96. The monoisotopic (exact) mass is 409 g/mol. The number of fused-ring (bicyclic) bond motifs is 5. The van der Waals surface area contributed by atoms with E-state index in [2.05, 4.69) is 20.8 Å². The van der Waals surface area contributed by atoms with Crippen LogP contribution in [0, 0.1) is 5.41 Å². The zero-order valence-corrected chi connectivity index (χ0v) is 17.1. The van der Waals surface area contributed by atoms with Gasteiger partial charge in [0.25, 0.3) is 0 Å². The number of hydrogen-bond donors (Lipinski definition) is 1. The first-order chi connectivity index (χ1) is 14.2. The molecule has 5 rings (SSSR count). The highest BCUT2D eigenvalue weighted by atomic mass is 16.6. The van der Waals surface area contributed by atoms with Gasteiger partial charge in [0.05, 0.1) is 18.9 Å². The van der Waals surface area contributed by atoms with Crippen molar-refractivity contribution in [2.45, 2.75) is 39.3 Å². The van der Waals surface area contributed by atoms with Crippen molar-refractivity contribution in [1.82, 2.24) is 4.57 Å². The molecule has 156 valence electrons. The SMILES string of the molecule is CC(C)(C)[C@@H]1Cc2c(oc3c(OC4COC4)cccc23)-c2cc(=O)c(C(=O)O)cn21. The zero-order chi connectivity index (χ0) is 21.2. The summed E-state index contributed by atoms with van der Waals surface area (Å²) >= 11 is 0. The first kappa shape index (κ1) is 18.9. The summed E-state index contributed by atoms with van der Waals surface area (Å²) in [6.07, 6.45) is 2.12. The number of carbonyl (C=O) groups is 1. The number of benzene rings is 1. The highest BCUT2D eigenvalue weighted by Crippen LogP contribution is 2.47. The van der Waals surface area contributed by atoms with Crippen LogP contribution in [-0.4, -0.2) is 35.0 Å². The summed E-state index contributed by atoms with van der Waals surface area (Å²) in [5, 5.41) is 10.4. The summed E-state index contributed by atoms with van der Waals surface area (Å²) in [7, 11) is 0. The molecule has 2 aromatic heterocycles. The van der Waals surface area contributed by atoms with Gasteiger partial charge in [-0.05, 0) is 17.9 Å². The number of hydrogen-bond acceptors (Lipinski definition) is 5. The maximum Gasteiger partial charge on any atom is 0.341 e. The van der Waals surface area contributed by atoms with Crippen LogP contribution in [0.4, 0.5) is 0 Å². The number of pyridine rings is 1. The second kappa shape index (κ2) is 6.47. The molecule has 0 amide bonds. The predicted octanol–water partition coefficient (Wildman–Crippen LogP) is 3.88. The molecule has 0 saturated carbocycles. The lowest BCUT2D eigenvalue weighted by Crippen LogP contribution is -2.38. The van der Waals surface area contributed by atoms with Crippen LogP contribution in [0.25, 0.3) is 22.4 Å². The van der Waals surface area contributed by atoms with Crippen molar-refractivity contribution in [3.63, 3.8) is 0 Å². The minimum atomic E-state index is -1.23. The molecule has 30 heavy (non-hydrogen) atoms. The Labute approximate surface area is 172 Å². The lowest BCUT2D eigenvalue weighted by Gasteiger charge is -2.37. The number of furan rings is 1. The molecule has 0 bridgehead atoms. The molecule has 0 unspecified atom stereocenters. The number of nitrogens with zero attached hydrogens (tertiary/aromatic N) is 1. The second-order valence-corrected chi connectivity index (χ2v) is 9.05. The summed E-state index contributed by atoms with van der Waals surface area (Å²) in [6, 6.07) is 7.15. The molecule has 2 aliphatic heterocycles. The van der Waals surface area contributed by atoms with E-state index in [0.717, 1.165) is 10.9 Å². The number of ether oxygens (including phenoxy) is 2. The molecule has 3 aromatic rings. The summed E-state index contributed by atoms with van der Waals surface area (Å²) in [4.78, 5) is 24.1. The van der Waals surface area contributed by atoms with Crippen molar-refractivity contribution in [3.05, 3.63) is 51.8 Å². The fraction of sp³-hybridized carbons (Fsp3) is 0.391. The van der Waals surface area contributed by atoms with Crippen LogP contribution >= 0.6 is 0 Å². The molecule has 1 fully saturated rings. The number of aromatic nitrogens is 1. The van der Waals surface area contributed by atoms with E-state index in [1.54, 1.807) is 0 Å². The van der Waals surface area contributed by atoms with Crippen LogP contribution in [-0.2, 0) is 11.2 Å². The quantitative estimate of drug-likeness (QED) is 0.706. The second-order valence-electron chi connectivity index (χ2n) is 9.05. The Morgan fingerprint density at radius 1 is 1.27 bits per heavy atom. The van der Waals surface area contributed by atoms with Crippen molar-refractivity contribution in [1.29, 1.82) is 0 Å². The van der Waals surface area contributed by atoms with Gasteiger partial charge in [-0.1, -0.05) is 32.9 Å². The Balaban J connectivity index is 1.75. The fourth-order valence-electron chi connectivity index (χ4n) is 4.27. The topological polar surface area (TPSA) is 90.9 Å². The van der Waals surface area contributed by atoms with Gasteiger partial charge in [-0.15, -0.1) is 0 Å². The van der Waals surface area contributed by atoms with Crippen LogP contribution < -0.4 is 10.2 Å². The first-order valence-electron chi connectivity index (χ1n) is 10.0. The summed E-state index contributed by atoms with van der Waals surface area (Å²) in [5.41, 5.74) is 1.32. The molecule has 1 N–H and O–H groups in total. The summed E-state index contributed by atoms with van der Waals surface area (Å²) < 4.78 is 19.4. The normalized spacial score (nSPS) is 18.6. The van der Waals surface area contributed by atoms with E-state index in [0.29, 0.717) is 42.4 Å². The van der Waals surface area contributed by atoms with E-state index in [1.807, 2.05) is 22.8 Å². The van der Waals surface area contributed by atoms with Gasteiger partial charge < -0.3 is 23.6 Å². The molecule has 1 aromatic carbocycles. The van der Waals surface area contributed by atoms with Crippen molar-refractivity contribution >= 4 is 16.9 Å². The third kappa shape index (κ3) is 2.84. The highest BCUT2D eigenvalue weighted by Gasteiger charge is 2.37. The van der Waals surface area contributed by atoms with E-state index in [4.69, 9.17) is 13.9 Å². The van der Waals surface area contributed by atoms with Crippen LogP contribution in [0.1, 0.15) is 42.7 Å². The zero-order valence-electron chi connectivity index (χ0n) is 17.1. The molecule has 0 aliphatic carbocycles. The Bertz CT molecular complexity index is 1220. The molecule has 1 atom stereocenters. The number of aromatic carboxylic acids is 1. The molecule has 0 spiro atoms. The summed E-state index contributed by atoms with van der Waals surface area (Å²) in [6.45, 7) is 7.44. The standard InChI is InChI=1S/C23H23NO6/c1-23(2,3)19-7-14-13-5-4-6-18(29-12-10-28-11-12)21(13)30-20(14)16-8-17(25)15(22(26)27)9-24(16)19/h4-6,8-9,12,19H,7,10-11H2,1-3H3,(H,26,27)/t19-/m0/s1. The highest BCUT2D eigenvalue weighted by molar-refractivity contribution is 5.92. The van der Waals surface area contributed by atoms with E-state index in [1.165, 1.54) is 12.3 Å². The van der Waals surface area contributed by atoms with Crippen LogP contribution in [0.5, 0.6) is 5.75 Å². The third-order valence-electron chi connectivity index (χ3n) is 5.96. The molecular formula is C23H23NO6. The van der Waals surface area contributed by atoms with Gasteiger partial charge in [0.15, 0.2) is 22.5 Å². The average Bonchev–Trinajstić information content (AvgIpc) is 3.02. The summed E-state index contributed by atoms with van der Waals surface area (Å²) in [5.74, 6) is 0.0239. The predicted molar refractivity (Wildman–Crippen MR) is 110 cm³/mol. The van der Waals surface area contributed by atoms with Crippen molar-refractivity contribution in [2.24, 2.45) is 5.41 Å². The van der Waals surface area contributed by atoms with Gasteiger partial charge in [-0.2, -0.15) is 0 Å². The Hall–Kier alpha value is -3.06.